The minimum absolute atomic E-state index is 0.0486. The van der Waals surface area contributed by atoms with Gasteiger partial charge >= 0.3 is 0 Å². The molecule has 1 aromatic heterocycles. The Morgan fingerprint density at radius 1 is 1.53 bits per heavy atom. The molecule has 0 aliphatic carbocycles. The van der Waals surface area contributed by atoms with Gasteiger partial charge in [0.05, 0.1) is 30.3 Å². The van der Waals surface area contributed by atoms with Gasteiger partial charge in [0.25, 0.3) is 0 Å². The van der Waals surface area contributed by atoms with Gasteiger partial charge in [0, 0.05) is 24.6 Å². The second kappa shape index (κ2) is 3.06. The first-order chi connectivity index (χ1) is 7.24. The maximum atomic E-state index is 5.77. The monoisotopic (exact) mass is 207 g/mol. The third-order valence-electron chi connectivity index (χ3n) is 4.01. The van der Waals surface area contributed by atoms with Crippen LogP contribution in [0.3, 0.4) is 0 Å². The Hall–Kier alpha value is -0.870. The molecular formula is C11H17N3O. The first-order valence-electron chi connectivity index (χ1n) is 5.63. The Kier molecular flexibility index (Phi) is 1.91. The molecule has 0 amide bonds. The van der Waals surface area contributed by atoms with Crippen LogP contribution in [0.1, 0.15) is 25.2 Å². The van der Waals surface area contributed by atoms with Gasteiger partial charge in [-0.3, -0.25) is 0 Å². The molecule has 82 valence electrons. The number of ether oxygens (including phenoxy) is 1. The van der Waals surface area contributed by atoms with E-state index in [4.69, 9.17) is 4.74 Å². The lowest BCUT2D eigenvalue weighted by molar-refractivity contribution is 0.104. The van der Waals surface area contributed by atoms with E-state index < -0.39 is 0 Å². The van der Waals surface area contributed by atoms with Crippen LogP contribution in [0.4, 0.5) is 0 Å². The van der Waals surface area contributed by atoms with Crippen molar-refractivity contribution in [3.8, 4) is 0 Å². The fourth-order valence-corrected chi connectivity index (χ4v) is 2.83. The van der Waals surface area contributed by atoms with Gasteiger partial charge in [-0.1, -0.05) is 6.92 Å². The summed E-state index contributed by atoms with van der Waals surface area (Å²) in [5.74, 6) is 0.472. The predicted molar refractivity (Wildman–Crippen MR) is 56.6 cm³/mol. The van der Waals surface area contributed by atoms with E-state index >= 15 is 0 Å². The molecule has 4 heteroatoms. The van der Waals surface area contributed by atoms with Gasteiger partial charge in [0.15, 0.2) is 0 Å². The Balaban J connectivity index is 2.08. The summed E-state index contributed by atoms with van der Waals surface area (Å²) in [6.07, 6.45) is 3.15. The zero-order valence-corrected chi connectivity index (χ0v) is 9.21. The maximum Gasteiger partial charge on any atom is 0.0926 e. The van der Waals surface area contributed by atoms with E-state index in [1.165, 1.54) is 11.4 Å². The number of rotatable bonds is 0. The van der Waals surface area contributed by atoms with Crippen molar-refractivity contribution in [2.75, 3.05) is 13.2 Å². The zero-order chi connectivity index (χ0) is 10.5. The van der Waals surface area contributed by atoms with E-state index in [0.29, 0.717) is 12.0 Å². The number of imidazole rings is 1. The van der Waals surface area contributed by atoms with Gasteiger partial charge in [-0.2, -0.15) is 0 Å². The number of H-pyrrole nitrogens is 1. The fraction of sp³-hybridized carbons (Fsp3) is 0.727. The molecule has 0 bridgehead atoms. The minimum atomic E-state index is -0.0486. The highest BCUT2D eigenvalue weighted by Crippen LogP contribution is 2.40. The smallest absolute Gasteiger partial charge is 0.0926 e. The summed E-state index contributed by atoms with van der Waals surface area (Å²) in [5.41, 5.74) is 2.40. The molecule has 1 spiro atoms. The molecule has 15 heavy (non-hydrogen) atoms. The third kappa shape index (κ3) is 1.12. The number of aromatic amines is 1. The summed E-state index contributed by atoms with van der Waals surface area (Å²) >= 11 is 0. The van der Waals surface area contributed by atoms with Crippen molar-refractivity contribution in [2.24, 2.45) is 5.92 Å². The van der Waals surface area contributed by atoms with Crippen LogP contribution in [0.15, 0.2) is 6.33 Å². The highest BCUT2D eigenvalue weighted by atomic mass is 16.5. The molecule has 0 unspecified atom stereocenters. The first-order valence-corrected chi connectivity index (χ1v) is 5.63. The second-order valence-electron chi connectivity index (χ2n) is 4.68. The van der Waals surface area contributed by atoms with Gasteiger partial charge in [0.2, 0.25) is 0 Å². The molecule has 3 atom stereocenters. The largest absolute Gasteiger partial charge is 0.376 e. The van der Waals surface area contributed by atoms with Gasteiger partial charge in [-0.05, 0) is 6.92 Å². The Morgan fingerprint density at radius 3 is 3.13 bits per heavy atom. The Morgan fingerprint density at radius 2 is 2.40 bits per heavy atom. The molecule has 1 aromatic rings. The first kappa shape index (κ1) is 9.36. The molecule has 0 aromatic carbocycles. The second-order valence-corrected chi connectivity index (χ2v) is 4.68. The number of nitrogens with zero attached hydrogens (tertiary/aromatic N) is 1. The summed E-state index contributed by atoms with van der Waals surface area (Å²) in [5, 5.41) is 3.61. The summed E-state index contributed by atoms with van der Waals surface area (Å²) < 4.78 is 5.77. The van der Waals surface area contributed by atoms with Crippen molar-refractivity contribution in [2.45, 2.75) is 31.9 Å². The molecule has 2 aliphatic heterocycles. The molecule has 2 N–H and O–H groups in total. The molecule has 2 aliphatic rings. The SMILES string of the molecule is C[C@@H]1OC[C@@]2(NCCc3[nH]cnc32)[C@@H]1C. The van der Waals surface area contributed by atoms with Crippen LogP contribution in [0.2, 0.25) is 0 Å². The zero-order valence-electron chi connectivity index (χ0n) is 9.21. The lowest BCUT2D eigenvalue weighted by Crippen LogP contribution is -2.52. The van der Waals surface area contributed by atoms with Crippen LogP contribution < -0.4 is 5.32 Å². The van der Waals surface area contributed by atoms with E-state index in [9.17, 15) is 0 Å². The molecular weight excluding hydrogens is 190 g/mol. The maximum absolute atomic E-state index is 5.77. The lowest BCUT2D eigenvalue weighted by atomic mass is 9.79. The molecule has 0 saturated carbocycles. The van der Waals surface area contributed by atoms with Crippen molar-refractivity contribution in [1.29, 1.82) is 0 Å². The normalized spacial score (nSPS) is 39.6. The average molecular weight is 207 g/mol. The van der Waals surface area contributed by atoms with Crippen molar-refractivity contribution in [1.82, 2.24) is 15.3 Å². The van der Waals surface area contributed by atoms with Crippen LogP contribution in [0.5, 0.6) is 0 Å². The summed E-state index contributed by atoms with van der Waals surface area (Å²) in [7, 11) is 0. The topological polar surface area (TPSA) is 49.9 Å². The van der Waals surface area contributed by atoms with E-state index in [1.54, 1.807) is 6.33 Å². The van der Waals surface area contributed by atoms with Crippen LogP contribution in [-0.4, -0.2) is 29.2 Å². The molecule has 0 radical (unpaired) electrons. The van der Waals surface area contributed by atoms with E-state index in [0.717, 1.165) is 19.6 Å². The fourth-order valence-electron chi connectivity index (χ4n) is 2.83. The average Bonchev–Trinajstić information content (AvgIpc) is 2.81. The van der Waals surface area contributed by atoms with Gasteiger partial charge < -0.3 is 15.0 Å². The summed E-state index contributed by atoms with van der Waals surface area (Å²) in [6, 6.07) is 0. The Bertz CT molecular complexity index is 376. The quantitative estimate of drug-likeness (QED) is 0.661. The van der Waals surface area contributed by atoms with Crippen molar-refractivity contribution in [3.63, 3.8) is 0 Å². The van der Waals surface area contributed by atoms with Crippen molar-refractivity contribution < 1.29 is 4.74 Å². The van der Waals surface area contributed by atoms with E-state index in [-0.39, 0.29) is 5.54 Å². The third-order valence-corrected chi connectivity index (χ3v) is 4.01. The number of hydrogen-bond donors (Lipinski definition) is 2. The molecule has 1 fully saturated rings. The standard InChI is InChI=1S/C11H17N3O/c1-7-8(2)15-5-11(7)10-9(3-4-14-11)12-6-13-10/h6-8,14H,3-5H2,1-2H3,(H,12,13)/t7-,8+,11-/m1/s1. The molecule has 1 saturated heterocycles. The van der Waals surface area contributed by atoms with Crippen molar-refractivity contribution >= 4 is 0 Å². The molecule has 3 rings (SSSR count). The number of hydrogen-bond acceptors (Lipinski definition) is 3. The summed E-state index contributed by atoms with van der Waals surface area (Å²) in [4.78, 5) is 7.72. The summed E-state index contributed by atoms with van der Waals surface area (Å²) in [6.45, 7) is 6.14. The van der Waals surface area contributed by atoms with Crippen LogP contribution in [-0.2, 0) is 16.7 Å². The number of nitrogens with one attached hydrogen (secondary N) is 2. The lowest BCUT2D eigenvalue weighted by Gasteiger charge is -2.36. The number of fused-ring (bicyclic) bond motifs is 2. The van der Waals surface area contributed by atoms with Crippen LogP contribution in [0, 0.1) is 5.92 Å². The van der Waals surface area contributed by atoms with Crippen molar-refractivity contribution in [3.05, 3.63) is 17.7 Å². The van der Waals surface area contributed by atoms with Gasteiger partial charge in [-0.15, -0.1) is 0 Å². The highest BCUT2D eigenvalue weighted by Gasteiger charge is 2.50. The Labute approximate surface area is 89.4 Å². The van der Waals surface area contributed by atoms with Gasteiger partial charge in [-0.25, -0.2) is 4.98 Å². The van der Waals surface area contributed by atoms with Gasteiger partial charge in [0.1, 0.15) is 0 Å². The molecule has 4 nitrogen and oxygen atoms in total. The highest BCUT2D eigenvalue weighted by molar-refractivity contribution is 5.28. The van der Waals surface area contributed by atoms with E-state index in [2.05, 4.69) is 29.1 Å². The number of aromatic nitrogens is 2. The van der Waals surface area contributed by atoms with Crippen LogP contribution >= 0.6 is 0 Å². The van der Waals surface area contributed by atoms with Crippen LogP contribution in [0.25, 0.3) is 0 Å². The molecule has 3 heterocycles. The van der Waals surface area contributed by atoms with E-state index in [1.807, 2.05) is 0 Å². The minimum Gasteiger partial charge on any atom is -0.376 e. The predicted octanol–water partition coefficient (Wildman–Crippen LogP) is 0.805.